The van der Waals surface area contributed by atoms with Crippen molar-refractivity contribution in [3.63, 3.8) is 0 Å². The smallest absolute Gasteiger partial charge is 0.460 e. The maximum absolute atomic E-state index is 14.7. The van der Waals surface area contributed by atoms with Crippen LogP contribution in [0.2, 0.25) is 0 Å². The van der Waals surface area contributed by atoms with E-state index in [1.165, 1.54) is 5.32 Å². The highest BCUT2D eigenvalue weighted by molar-refractivity contribution is 5.67. The van der Waals surface area contributed by atoms with Gasteiger partial charge in [0.05, 0.1) is 6.54 Å². The van der Waals surface area contributed by atoms with Crippen molar-refractivity contribution in [2.45, 2.75) is 129 Å². The average Bonchev–Trinajstić information content (AvgIpc) is 3.03. The summed E-state index contributed by atoms with van der Waals surface area (Å²) in [6.07, 6.45) is -23.9. The van der Waals surface area contributed by atoms with Crippen LogP contribution in [0.5, 0.6) is 0 Å². The van der Waals surface area contributed by atoms with Gasteiger partial charge in [-0.15, -0.1) is 0 Å². The number of nitrogens with one attached hydrogen (secondary N) is 1. The predicted octanol–water partition coefficient (Wildman–Crippen LogP) is 12.0. The van der Waals surface area contributed by atoms with Gasteiger partial charge in [-0.05, 0) is 30.1 Å². The number of carbonyl (C=O) groups is 2. The van der Waals surface area contributed by atoms with Crippen molar-refractivity contribution in [3.05, 3.63) is 0 Å². The molecule has 0 heterocycles. The SMILES string of the molecule is CC1(C)CC(NC(=O)OCC(F)(F)C(F)(F)C(F)(F)C(F)(F)C(F)(F)C(F)(F)C(F)(F)F)CC(C)(CN(CC(F)(F)C(F)(F)C(F)(F)C(F)(F)C(F)(F)C(F)(F)C(F)(F)F)C(=O)O)C1. The Morgan fingerprint density at radius 3 is 1.16 bits per heavy atom. The summed E-state index contributed by atoms with van der Waals surface area (Å²) in [5.41, 5.74) is -3.84. The molecule has 2 N–H and O–H groups in total. The number of hydrogen-bond acceptors (Lipinski definition) is 3. The lowest BCUT2D eigenvalue weighted by Crippen LogP contribution is -2.73. The Hall–Kier alpha value is -3.56. The van der Waals surface area contributed by atoms with Crippen molar-refractivity contribution in [2.75, 3.05) is 19.7 Å². The molecule has 1 rings (SSSR count). The molecule has 1 saturated carbocycles. The van der Waals surface area contributed by atoms with Gasteiger partial charge in [-0.2, -0.15) is 132 Å². The zero-order valence-corrected chi connectivity index (χ0v) is 30.8. The Morgan fingerprint density at radius 2 is 0.828 bits per heavy atom. The molecule has 0 saturated heterocycles. The number of alkyl carbamates (subject to hydrolysis) is 1. The van der Waals surface area contributed by atoms with E-state index in [-0.39, 0.29) is 0 Å². The van der Waals surface area contributed by atoms with Crippen molar-refractivity contribution in [1.82, 2.24) is 10.2 Å². The zero-order valence-electron chi connectivity index (χ0n) is 30.8. The van der Waals surface area contributed by atoms with Gasteiger partial charge in [-0.3, -0.25) is 0 Å². The first-order chi connectivity index (χ1) is 27.4. The van der Waals surface area contributed by atoms with Gasteiger partial charge in [0.25, 0.3) is 0 Å². The molecule has 2 amide bonds. The van der Waals surface area contributed by atoms with Crippen molar-refractivity contribution in [1.29, 1.82) is 0 Å². The molecule has 1 aliphatic rings. The topological polar surface area (TPSA) is 78.9 Å². The lowest BCUT2D eigenvalue weighted by atomic mass is 9.62. The molecule has 64 heavy (non-hydrogen) atoms. The van der Waals surface area contributed by atoms with E-state index in [9.17, 15) is 146 Å². The number of alkyl halides is 30. The van der Waals surface area contributed by atoms with Crippen molar-refractivity contribution < 1.29 is 151 Å². The second kappa shape index (κ2) is 16.1. The van der Waals surface area contributed by atoms with Crippen LogP contribution in [0.25, 0.3) is 0 Å². The van der Waals surface area contributed by atoms with Crippen LogP contribution >= 0.6 is 0 Å². The quantitative estimate of drug-likeness (QED) is 0.142. The number of rotatable bonds is 17. The Kier molecular flexibility index (Phi) is 14.7. The zero-order chi connectivity index (χ0) is 52.0. The number of halogens is 30. The molecule has 0 aliphatic heterocycles. The minimum absolute atomic E-state index is 0.656. The highest BCUT2D eigenvalue weighted by Gasteiger charge is 2.95. The molecule has 1 fully saturated rings. The fraction of sp³-hybridized carbons (Fsp3) is 0.929. The Balaban J connectivity index is 3.44. The minimum atomic E-state index is -8.75. The molecule has 1 aliphatic carbocycles. The van der Waals surface area contributed by atoms with Gasteiger partial charge in [-0.1, -0.05) is 20.8 Å². The fourth-order valence-electron chi connectivity index (χ4n) is 6.30. The number of carboxylic acid groups (broad SMARTS) is 1. The Morgan fingerprint density at radius 1 is 0.516 bits per heavy atom. The molecule has 0 aromatic rings. The Labute approximate surface area is 334 Å². The fourth-order valence-corrected chi connectivity index (χ4v) is 6.30. The summed E-state index contributed by atoms with van der Waals surface area (Å²) in [6, 6.07) is -1.93. The maximum atomic E-state index is 14.7. The molecule has 2 unspecified atom stereocenters. The molecule has 0 aromatic carbocycles. The summed E-state index contributed by atoms with van der Waals surface area (Å²) < 4.78 is 409. The van der Waals surface area contributed by atoms with Crippen molar-refractivity contribution in [3.8, 4) is 0 Å². The molecule has 2 atom stereocenters. The average molecular weight is 1020 g/mol. The third-order valence-electron chi connectivity index (χ3n) is 9.17. The summed E-state index contributed by atoms with van der Waals surface area (Å²) in [5.74, 6) is -99.2. The van der Waals surface area contributed by atoms with Crippen LogP contribution in [-0.2, 0) is 4.74 Å². The molecule has 6 nitrogen and oxygen atoms in total. The van der Waals surface area contributed by atoms with Gasteiger partial charge < -0.3 is 20.1 Å². The van der Waals surface area contributed by atoms with E-state index >= 15 is 0 Å². The summed E-state index contributed by atoms with van der Waals surface area (Å²) >= 11 is 0. The van der Waals surface area contributed by atoms with Crippen LogP contribution < -0.4 is 5.32 Å². The first-order valence-electron chi connectivity index (χ1n) is 16.0. The normalized spacial score (nSPS) is 21.1. The molecule has 380 valence electrons. The summed E-state index contributed by atoms with van der Waals surface area (Å²) in [5, 5.41) is 10.7. The number of carbonyl (C=O) groups excluding carboxylic acids is 1. The van der Waals surface area contributed by atoms with E-state index < -0.39 is 156 Å². The molecule has 36 heteroatoms. The highest BCUT2D eigenvalue weighted by Crippen LogP contribution is 2.64. The summed E-state index contributed by atoms with van der Waals surface area (Å²) in [6.45, 7) is -6.30. The van der Waals surface area contributed by atoms with E-state index in [1.54, 1.807) is 0 Å². The highest BCUT2D eigenvalue weighted by atomic mass is 19.4. The second-order valence-corrected chi connectivity index (χ2v) is 15.3. The predicted molar refractivity (Wildman–Crippen MR) is 145 cm³/mol. The molecule has 0 spiro atoms. The van der Waals surface area contributed by atoms with E-state index in [1.807, 2.05) is 0 Å². The largest absolute Gasteiger partial charge is 0.465 e. The van der Waals surface area contributed by atoms with Crippen LogP contribution in [0.15, 0.2) is 0 Å². The van der Waals surface area contributed by atoms with Gasteiger partial charge in [0.1, 0.15) is 0 Å². The standard InChI is InChI=1S/C28H24F30N2O4/c1-13(2)4-10(59-11(61)64-9-16(31,32)18(35,36)20(39,40)22(43,44)24(47,48)26(51,52)28(56,57)58)5-14(3,6-13)7-60(12(62)63)8-15(29,30)17(33,34)19(37,38)21(41,42)23(45,46)25(49,50)27(53,54)55/h10H,4-9H2,1-3H3,(H,59,61)(H,62,63). The van der Waals surface area contributed by atoms with Gasteiger partial charge in [-0.25, -0.2) is 9.59 Å². The maximum Gasteiger partial charge on any atom is 0.460 e. The third-order valence-corrected chi connectivity index (χ3v) is 9.17. The van der Waals surface area contributed by atoms with Gasteiger partial charge in [0, 0.05) is 12.6 Å². The first kappa shape index (κ1) is 58.5. The number of amides is 2. The molecule has 0 aromatic heterocycles. The van der Waals surface area contributed by atoms with Crippen LogP contribution in [0.1, 0.15) is 40.0 Å². The molecule has 0 radical (unpaired) electrons. The number of nitrogens with zero attached hydrogens (tertiary/aromatic N) is 1. The number of hydrogen-bond donors (Lipinski definition) is 2. The molecule has 0 bridgehead atoms. The lowest BCUT2D eigenvalue weighted by molar-refractivity contribution is -0.453. The van der Waals surface area contributed by atoms with Gasteiger partial charge in [0.15, 0.2) is 6.61 Å². The molecular formula is C28H24F30N2O4. The van der Waals surface area contributed by atoms with Crippen LogP contribution in [0.3, 0.4) is 0 Å². The van der Waals surface area contributed by atoms with Crippen molar-refractivity contribution in [2.24, 2.45) is 10.8 Å². The second-order valence-electron chi connectivity index (χ2n) is 15.3. The van der Waals surface area contributed by atoms with E-state index in [0.717, 1.165) is 13.8 Å². The molecular weight excluding hydrogens is 998 g/mol. The number of ether oxygens (including phenoxy) is 1. The van der Waals surface area contributed by atoms with Gasteiger partial charge in [0.2, 0.25) is 0 Å². The van der Waals surface area contributed by atoms with E-state index in [2.05, 4.69) is 4.74 Å². The van der Waals surface area contributed by atoms with Gasteiger partial charge >= 0.3 is 95.6 Å². The van der Waals surface area contributed by atoms with E-state index in [4.69, 9.17) is 0 Å². The van der Waals surface area contributed by atoms with Crippen molar-refractivity contribution >= 4 is 12.2 Å². The lowest BCUT2D eigenvalue weighted by Gasteiger charge is -2.48. The first-order valence-corrected chi connectivity index (χ1v) is 16.0. The Bertz CT molecular complexity index is 1700. The van der Waals surface area contributed by atoms with Crippen LogP contribution in [0, 0.1) is 10.8 Å². The van der Waals surface area contributed by atoms with E-state index in [0.29, 0.717) is 6.92 Å². The minimum Gasteiger partial charge on any atom is -0.465 e. The monoisotopic (exact) mass is 1020 g/mol. The third kappa shape index (κ3) is 9.24. The van der Waals surface area contributed by atoms with Crippen LogP contribution in [-0.4, -0.2) is 131 Å². The summed E-state index contributed by atoms with van der Waals surface area (Å²) in [7, 11) is 0. The van der Waals surface area contributed by atoms with Crippen LogP contribution in [0.4, 0.5) is 141 Å². The summed E-state index contributed by atoms with van der Waals surface area (Å²) in [4.78, 5) is 22.8.